The van der Waals surface area contributed by atoms with Gasteiger partial charge in [-0.2, -0.15) is 0 Å². The number of esters is 1. The Morgan fingerprint density at radius 1 is 1.19 bits per heavy atom. The fourth-order valence-electron chi connectivity index (χ4n) is 2.41. The summed E-state index contributed by atoms with van der Waals surface area (Å²) in [5, 5.41) is 4.09. The first-order chi connectivity index (χ1) is 12.5. The molecule has 138 valence electrons. The van der Waals surface area contributed by atoms with E-state index in [2.05, 4.69) is 10.1 Å². The van der Waals surface area contributed by atoms with Crippen LogP contribution < -0.4 is 10.1 Å². The van der Waals surface area contributed by atoms with E-state index >= 15 is 0 Å². The molecule has 26 heavy (non-hydrogen) atoms. The maximum Gasteiger partial charge on any atom is 0.345 e. The van der Waals surface area contributed by atoms with Crippen LogP contribution in [0.1, 0.15) is 22.0 Å². The van der Waals surface area contributed by atoms with Gasteiger partial charge in [-0.15, -0.1) is 0 Å². The molecule has 6 nitrogen and oxygen atoms in total. The summed E-state index contributed by atoms with van der Waals surface area (Å²) in [4.78, 5) is 21.9. The van der Waals surface area contributed by atoms with Crippen LogP contribution in [0.4, 0.5) is 5.69 Å². The lowest BCUT2D eigenvalue weighted by molar-refractivity contribution is -0.123. The molecule has 0 spiro atoms. The van der Waals surface area contributed by atoms with Crippen molar-refractivity contribution in [3.63, 3.8) is 0 Å². The summed E-state index contributed by atoms with van der Waals surface area (Å²) in [5.74, 6) is -0.135. The van der Waals surface area contributed by atoms with E-state index < -0.39 is 5.97 Å². The van der Waals surface area contributed by atoms with Gasteiger partial charge in [0.25, 0.3) is 0 Å². The van der Waals surface area contributed by atoms with Crippen LogP contribution in [0.2, 0.25) is 10.0 Å². The minimum atomic E-state index is -0.779. The number of hydrogen-bond donors (Lipinski definition) is 1. The zero-order valence-electron chi connectivity index (χ0n) is 14.1. The molecule has 0 fully saturated rings. The minimum absolute atomic E-state index is 0.0719. The third-order valence-electron chi connectivity index (χ3n) is 3.59. The number of carbonyl (C=O) groups is 2. The van der Waals surface area contributed by atoms with E-state index in [4.69, 9.17) is 32.7 Å². The summed E-state index contributed by atoms with van der Waals surface area (Å²) in [5.41, 5.74) is 1.53. The molecule has 0 aromatic heterocycles. The summed E-state index contributed by atoms with van der Waals surface area (Å²) in [7, 11) is 3.14. The Bertz CT molecular complexity index is 797. The first-order valence-electron chi connectivity index (χ1n) is 7.53. The first kappa shape index (κ1) is 20.0. The van der Waals surface area contributed by atoms with Crippen LogP contribution in [-0.4, -0.2) is 33.3 Å². The van der Waals surface area contributed by atoms with Crippen molar-refractivity contribution in [3.8, 4) is 5.75 Å². The number of rotatable bonds is 8. The zero-order chi connectivity index (χ0) is 19.1. The van der Waals surface area contributed by atoms with Crippen molar-refractivity contribution >= 4 is 41.3 Å². The van der Waals surface area contributed by atoms with Gasteiger partial charge in [0, 0.05) is 17.7 Å². The van der Waals surface area contributed by atoms with E-state index in [1.165, 1.54) is 12.1 Å². The van der Waals surface area contributed by atoms with Gasteiger partial charge < -0.3 is 19.5 Å². The number of nitrogens with one attached hydrogen (secondary N) is 1. The average molecular weight is 398 g/mol. The largest absolute Gasteiger partial charge is 0.496 e. The predicted molar refractivity (Wildman–Crippen MR) is 99.2 cm³/mol. The summed E-state index contributed by atoms with van der Waals surface area (Å²) in [6.45, 7) is 0.393. The van der Waals surface area contributed by atoms with E-state index in [1.807, 2.05) is 0 Å². The van der Waals surface area contributed by atoms with Crippen molar-refractivity contribution in [3.05, 3.63) is 57.6 Å². The summed E-state index contributed by atoms with van der Waals surface area (Å²) < 4.78 is 15.0. The number of methoxy groups -OCH3 is 2. The predicted octanol–water partition coefficient (Wildman–Crippen LogP) is 4.11. The van der Waals surface area contributed by atoms with Crippen LogP contribution in [0.5, 0.6) is 5.75 Å². The van der Waals surface area contributed by atoms with E-state index in [0.717, 1.165) is 5.56 Å². The lowest BCUT2D eigenvalue weighted by Gasteiger charge is -2.22. The third-order valence-corrected chi connectivity index (χ3v) is 4.14. The quantitative estimate of drug-likeness (QED) is 0.410. The Balaban J connectivity index is 2.32. The van der Waals surface area contributed by atoms with Gasteiger partial charge in [-0.25, -0.2) is 4.79 Å². The Hall–Kier alpha value is -2.28. The maximum atomic E-state index is 11.6. The van der Waals surface area contributed by atoms with Crippen molar-refractivity contribution in [1.82, 2.24) is 0 Å². The van der Waals surface area contributed by atoms with E-state index in [1.54, 1.807) is 38.5 Å². The molecule has 2 rings (SSSR count). The van der Waals surface area contributed by atoms with Crippen molar-refractivity contribution in [2.75, 3.05) is 26.1 Å². The van der Waals surface area contributed by atoms with Gasteiger partial charge in [0.15, 0.2) is 0 Å². The highest BCUT2D eigenvalue weighted by molar-refractivity contribution is 6.33. The van der Waals surface area contributed by atoms with Gasteiger partial charge >= 0.3 is 12.4 Å². The van der Waals surface area contributed by atoms with Gasteiger partial charge in [0.2, 0.25) is 0 Å². The molecule has 0 bridgehead atoms. The molecular weight excluding hydrogens is 381 g/mol. The molecule has 1 N–H and O–H groups in total. The Morgan fingerprint density at radius 3 is 2.58 bits per heavy atom. The third kappa shape index (κ3) is 4.88. The van der Waals surface area contributed by atoms with Crippen LogP contribution in [0.3, 0.4) is 0 Å². The van der Waals surface area contributed by atoms with Crippen molar-refractivity contribution in [2.45, 2.75) is 6.04 Å². The monoisotopic (exact) mass is 397 g/mol. The molecule has 0 aliphatic carbocycles. The van der Waals surface area contributed by atoms with Gasteiger partial charge in [-0.1, -0.05) is 23.2 Å². The SMILES string of the molecule is COC[C@H](Nc1ccc(C(=O)OC=O)cc1Cl)c1cc(Cl)ccc1OC. The molecule has 1 atom stereocenters. The standard InChI is InChI=1S/C18H17Cl2NO5/c1-24-9-16(13-8-12(19)4-6-17(13)25-2)21-15-5-3-11(7-14(15)20)18(23)26-10-22/h3-8,10,16,21H,9H2,1-2H3/t16-/m0/s1. The molecule has 0 saturated carbocycles. The van der Waals surface area contributed by atoms with E-state index in [-0.39, 0.29) is 23.1 Å². The molecule has 0 radical (unpaired) electrons. The van der Waals surface area contributed by atoms with E-state index in [0.29, 0.717) is 23.1 Å². The number of carbonyl (C=O) groups excluding carboxylic acids is 2. The highest BCUT2D eigenvalue weighted by Crippen LogP contribution is 2.33. The molecule has 0 unspecified atom stereocenters. The molecule has 0 aliphatic rings. The zero-order valence-corrected chi connectivity index (χ0v) is 15.6. The van der Waals surface area contributed by atoms with Crippen molar-refractivity contribution in [1.29, 1.82) is 0 Å². The molecular formula is C18H17Cl2NO5. The Kier molecular flexibility index (Phi) is 7.26. The Labute approximate surface area is 160 Å². The van der Waals surface area contributed by atoms with Gasteiger partial charge in [-0.05, 0) is 36.4 Å². The molecule has 0 heterocycles. The van der Waals surface area contributed by atoms with Gasteiger partial charge in [-0.3, -0.25) is 4.79 Å². The topological polar surface area (TPSA) is 73.9 Å². The number of benzene rings is 2. The van der Waals surface area contributed by atoms with Crippen LogP contribution in [-0.2, 0) is 14.3 Å². The molecule has 0 amide bonds. The van der Waals surface area contributed by atoms with Crippen LogP contribution in [0, 0.1) is 0 Å². The number of hydrogen-bond acceptors (Lipinski definition) is 6. The fourth-order valence-corrected chi connectivity index (χ4v) is 2.83. The second-order valence-electron chi connectivity index (χ2n) is 5.23. The highest BCUT2D eigenvalue weighted by Gasteiger charge is 2.19. The molecule has 8 heteroatoms. The van der Waals surface area contributed by atoms with Gasteiger partial charge in [0.05, 0.1) is 36.0 Å². The highest BCUT2D eigenvalue weighted by atomic mass is 35.5. The van der Waals surface area contributed by atoms with Gasteiger partial charge in [0.1, 0.15) is 5.75 Å². The maximum absolute atomic E-state index is 11.6. The smallest absolute Gasteiger partial charge is 0.345 e. The molecule has 2 aromatic carbocycles. The molecule has 0 saturated heterocycles. The van der Waals surface area contributed by atoms with Crippen LogP contribution in [0.25, 0.3) is 0 Å². The fraction of sp³-hybridized carbons (Fsp3) is 0.222. The van der Waals surface area contributed by atoms with Crippen LogP contribution >= 0.6 is 23.2 Å². The summed E-state index contributed by atoms with van der Waals surface area (Å²) in [6, 6.07) is 9.49. The number of ether oxygens (including phenoxy) is 3. The van der Waals surface area contributed by atoms with E-state index in [9.17, 15) is 9.59 Å². The number of halogens is 2. The average Bonchev–Trinajstić information content (AvgIpc) is 2.63. The van der Waals surface area contributed by atoms with Crippen molar-refractivity contribution in [2.24, 2.45) is 0 Å². The summed E-state index contributed by atoms with van der Waals surface area (Å²) in [6.07, 6.45) is 0. The lowest BCUT2D eigenvalue weighted by Crippen LogP contribution is -2.17. The summed E-state index contributed by atoms with van der Waals surface area (Å²) >= 11 is 12.4. The van der Waals surface area contributed by atoms with Crippen LogP contribution in [0.15, 0.2) is 36.4 Å². The second kappa shape index (κ2) is 9.43. The normalized spacial score (nSPS) is 11.5. The Morgan fingerprint density at radius 2 is 1.96 bits per heavy atom. The second-order valence-corrected chi connectivity index (χ2v) is 6.08. The number of anilines is 1. The first-order valence-corrected chi connectivity index (χ1v) is 8.28. The molecule has 2 aromatic rings. The minimum Gasteiger partial charge on any atom is -0.496 e. The molecule has 0 aliphatic heterocycles. The van der Waals surface area contributed by atoms with Crippen molar-refractivity contribution < 1.29 is 23.8 Å². The lowest BCUT2D eigenvalue weighted by atomic mass is 10.1.